The van der Waals surface area contributed by atoms with Crippen LogP contribution in [0.25, 0.3) is 44.3 Å². The van der Waals surface area contributed by atoms with Crippen LogP contribution in [0.3, 0.4) is 0 Å². The average Bonchev–Trinajstić information content (AvgIpc) is 3.66. The SMILES string of the molecule is Nc1c(-c2cccc3[nH]ncc23)cc(Br)c2nc(-c3ccc(N4CCN(C5CC5)CC4)nc3)[nH]c(=O)c12. The lowest BCUT2D eigenvalue weighted by Gasteiger charge is -2.35. The molecular weight excluding hydrogens is 532 g/mol. The van der Waals surface area contributed by atoms with Crippen LogP contribution in [-0.2, 0) is 0 Å². The van der Waals surface area contributed by atoms with Crippen molar-refractivity contribution in [1.29, 1.82) is 0 Å². The molecule has 1 aliphatic carbocycles. The van der Waals surface area contributed by atoms with Gasteiger partial charge >= 0.3 is 0 Å². The van der Waals surface area contributed by atoms with E-state index in [-0.39, 0.29) is 5.56 Å². The van der Waals surface area contributed by atoms with E-state index in [0.717, 1.165) is 65.6 Å². The molecule has 2 fully saturated rings. The van der Waals surface area contributed by atoms with E-state index in [9.17, 15) is 4.79 Å². The Morgan fingerprint density at radius 3 is 2.62 bits per heavy atom. The highest BCUT2D eigenvalue weighted by molar-refractivity contribution is 9.10. The summed E-state index contributed by atoms with van der Waals surface area (Å²) in [5.41, 5.74) is 10.5. The average molecular weight is 557 g/mol. The number of aromatic amines is 2. The first-order valence-corrected chi connectivity index (χ1v) is 13.3. The summed E-state index contributed by atoms with van der Waals surface area (Å²) in [5, 5.41) is 8.41. The minimum Gasteiger partial charge on any atom is -0.398 e. The Morgan fingerprint density at radius 1 is 1.03 bits per heavy atom. The summed E-state index contributed by atoms with van der Waals surface area (Å²) in [4.78, 5) is 30.6. The van der Waals surface area contributed by atoms with Crippen LogP contribution in [0.4, 0.5) is 11.5 Å². The van der Waals surface area contributed by atoms with Gasteiger partial charge in [-0.05, 0) is 58.6 Å². The molecule has 0 amide bonds. The third-order valence-corrected chi connectivity index (χ3v) is 8.08. The molecule has 1 saturated carbocycles. The van der Waals surface area contributed by atoms with Gasteiger partial charge in [0.05, 0.1) is 28.3 Å². The molecule has 10 heteroatoms. The van der Waals surface area contributed by atoms with E-state index in [1.165, 1.54) is 12.8 Å². The van der Waals surface area contributed by atoms with Gasteiger partial charge in [0.1, 0.15) is 11.6 Å². The van der Waals surface area contributed by atoms with E-state index in [1.54, 1.807) is 12.4 Å². The number of nitrogens with zero attached hydrogens (tertiary/aromatic N) is 5. The molecule has 5 aromatic rings. The van der Waals surface area contributed by atoms with Gasteiger partial charge in [0.2, 0.25) is 0 Å². The minimum absolute atomic E-state index is 0.292. The van der Waals surface area contributed by atoms with Crippen molar-refractivity contribution in [3.8, 4) is 22.5 Å². The fourth-order valence-corrected chi connectivity index (χ4v) is 5.85. The van der Waals surface area contributed by atoms with E-state index in [1.807, 2.05) is 36.4 Å². The Hall–Kier alpha value is -3.76. The molecule has 0 radical (unpaired) electrons. The molecule has 0 atom stereocenters. The predicted octanol–water partition coefficient (Wildman–Crippen LogP) is 4.16. The van der Waals surface area contributed by atoms with Crippen LogP contribution in [0.2, 0.25) is 0 Å². The summed E-state index contributed by atoms with van der Waals surface area (Å²) in [6.45, 7) is 4.13. The van der Waals surface area contributed by atoms with Crippen molar-refractivity contribution >= 4 is 49.2 Å². The zero-order valence-electron chi connectivity index (χ0n) is 20.0. The molecule has 9 nitrogen and oxygen atoms in total. The lowest BCUT2D eigenvalue weighted by molar-refractivity contribution is 0.247. The Kier molecular flexibility index (Phi) is 5.26. The number of rotatable bonds is 4. The van der Waals surface area contributed by atoms with Gasteiger partial charge in [0.25, 0.3) is 5.56 Å². The molecule has 1 saturated heterocycles. The first-order chi connectivity index (χ1) is 18.1. The number of anilines is 2. The number of fused-ring (bicyclic) bond motifs is 2. The number of pyridine rings is 1. The maximum atomic E-state index is 13.3. The van der Waals surface area contributed by atoms with Crippen LogP contribution in [0.15, 0.2) is 58.1 Å². The van der Waals surface area contributed by atoms with E-state index in [4.69, 9.17) is 15.7 Å². The number of piperazine rings is 1. The molecule has 7 rings (SSSR count). The fourth-order valence-electron chi connectivity index (χ4n) is 5.34. The van der Waals surface area contributed by atoms with E-state index < -0.39 is 0 Å². The summed E-state index contributed by atoms with van der Waals surface area (Å²) >= 11 is 3.64. The van der Waals surface area contributed by atoms with Crippen LogP contribution in [0, 0.1) is 0 Å². The van der Waals surface area contributed by atoms with Crippen molar-refractivity contribution in [2.75, 3.05) is 36.8 Å². The minimum atomic E-state index is -0.292. The van der Waals surface area contributed by atoms with Crippen molar-refractivity contribution < 1.29 is 0 Å². The van der Waals surface area contributed by atoms with Crippen LogP contribution in [0.1, 0.15) is 12.8 Å². The number of nitrogens with two attached hydrogens (primary N) is 1. The Labute approximate surface area is 220 Å². The molecule has 0 unspecified atom stereocenters. The molecule has 37 heavy (non-hydrogen) atoms. The second-order valence-corrected chi connectivity index (χ2v) is 10.6. The van der Waals surface area contributed by atoms with Crippen molar-refractivity contribution in [3.05, 3.63) is 63.6 Å². The van der Waals surface area contributed by atoms with Gasteiger partial charge in [0.15, 0.2) is 0 Å². The van der Waals surface area contributed by atoms with E-state index >= 15 is 0 Å². The standard InChI is InChI=1S/C27H25BrN8O/c28-20-12-18(17-2-1-3-21-19(17)14-31-34-21)24(29)23-25(20)32-26(33-27(23)37)15-4-7-22(30-13-15)36-10-8-35(9-11-36)16-5-6-16/h1-4,7,12-14,16H,5-6,8-11,29H2,(H,31,34)(H,32,33,37). The van der Waals surface area contributed by atoms with Crippen LogP contribution in [-0.4, -0.2) is 62.3 Å². The first-order valence-electron chi connectivity index (χ1n) is 12.5. The smallest absolute Gasteiger partial charge is 0.261 e. The zero-order valence-corrected chi connectivity index (χ0v) is 21.6. The summed E-state index contributed by atoms with van der Waals surface area (Å²) in [5.74, 6) is 1.41. The van der Waals surface area contributed by atoms with Crippen LogP contribution >= 0.6 is 15.9 Å². The van der Waals surface area contributed by atoms with Crippen LogP contribution < -0.4 is 16.2 Å². The summed E-state index contributed by atoms with van der Waals surface area (Å²) < 4.78 is 0.692. The highest BCUT2D eigenvalue weighted by atomic mass is 79.9. The van der Waals surface area contributed by atoms with Gasteiger partial charge in [-0.25, -0.2) is 9.97 Å². The first kappa shape index (κ1) is 22.4. The Morgan fingerprint density at radius 2 is 1.86 bits per heavy atom. The number of benzene rings is 2. The molecule has 2 aromatic carbocycles. The second kappa shape index (κ2) is 8.67. The Bertz CT molecular complexity index is 1700. The molecule has 4 heterocycles. The summed E-state index contributed by atoms with van der Waals surface area (Å²) in [6, 6.07) is 12.5. The summed E-state index contributed by atoms with van der Waals surface area (Å²) in [6.07, 6.45) is 6.22. The van der Waals surface area contributed by atoms with Crippen molar-refractivity contribution in [1.82, 2.24) is 30.0 Å². The van der Waals surface area contributed by atoms with E-state index in [0.29, 0.717) is 26.9 Å². The van der Waals surface area contributed by atoms with Crippen molar-refractivity contribution in [3.63, 3.8) is 0 Å². The number of H-pyrrole nitrogens is 2. The molecular formula is C27H25BrN8O. The van der Waals surface area contributed by atoms with E-state index in [2.05, 4.69) is 40.9 Å². The zero-order chi connectivity index (χ0) is 25.1. The second-order valence-electron chi connectivity index (χ2n) is 9.75. The van der Waals surface area contributed by atoms with Crippen molar-refractivity contribution in [2.24, 2.45) is 0 Å². The van der Waals surface area contributed by atoms with Crippen molar-refractivity contribution in [2.45, 2.75) is 18.9 Å². The Balaban J connectivity index is 1.23. The topological polar surface area (TPSA) is 120 Å². The maximum absolute atomic E-state index is 13.3. The van der Waals surface area contributed by atoms with Gasteiger partial charge in [-0.2, -0.15) is 5.10 Å². The van der Waals surface area contributed by atoms with Gasteiger partial charge < -0.3 is 15.6 Å². The van der Waals surface area contributed by atoms with Gasteiger partial charge in [-0.3, -0.25) is 14.8 Å². The number of hydrogen-bond donors (Lipinski definition) is 3. The number of nitrogens with one attached hydrogen (secondary N) is 2. The largest absolute Gasteiger partial charge is 0.398 e. The van der Waals surface area contributed by atoms with Gasteiger partial charge in [-0.1, -0.05) is 12.1 Å². The molecule has 0 bridgehead atoms. The summed E-state index contributed by atoms with van der Waals surface area (Å²) in [7, 11) is 0. The molecule has 3 aromatic heterocycles. The fraction of sp³-hybridized carbons (Fsp3) is 0.259. The van der Waals surface area contributed by atoms with Crippen LogP contribution in [0.5, 0.6) is 0 Å². The highest BCUT2D eigenvalue weighted by Gasteiger charge is 2.31. The highest BCUT2D eigenvalue weighted by Crippen LogP contribution is 2.38. The van der Waals surface area contributed by atoms with Gasteiger partial charge in [0, 0.05) is 59.4 Å². The molecule has 186 valence electrons. The third-order valence-electron chi connectivity index (χ3n) is 7.47. The normalized spacial score (nSPS) is 16.6. The predicted molar refractivity (Wildman–Crippen MR) is 150 cm³/mol. The molecule has 4 N–H and O–H groups in total. The third kappa shape index (κ3) is 3.87. The lowest BCUT2D eigenvalue weighted by atomic mass is 9.98. The number of halogens is 1. The molecule has 1 aliphatic heterocycles. The molecule has 0 spiro atoms. The lowest BCUT2D eigenvalue weighted by Crippen LogP contribution is -2.47. The maximum Gasteiger partial charge on any atom is 0.261 e. The number of aromatic nitrogens is 5. The quantitative estimate of drug-likeness (QED) is 0.284. The number of nitrogen functional groups attached to an aromatic ring is 1. The number of hydrogen-bond acceptors (Lipinski definition) is 7. The molecule has 2 aliphatic rings. The monoisotopic (exact) mass is 556 g/mol. The van der Waals surface area contributed by atoms with Gasteiger partial charge in [-0.15, -0.1) is 0 Å².